The second-order valence-corrected chi connectivity index (χ2v) is 8.64. The zero-order valence-corrected chi connectivity index (χ0v) is 16.7. The maximum Gasteiger partial charge on any atom is 0.211 e. The van der Waals surface area contributed by atoms with E-state index in [-0.39, 0.29) is 24.9 Å². The fourth-order valence-electron chi connectivity index (χ4n) is 2.52. The first-order valence-electron chi connectivity index (χ1n) is 8.49. The highest BCUT2D eigenvalue weighted by Gasteiger charge is 2.19. The summed E-state index contributed by atoms with van der Waals surface area (Å²) in [7, 11) is -1.92. The van der Waals surface area contributed by atoms with E-state index in [0.717, 1.165) is 17.5 Å². The zero-order chi connectivity index (χ0) is 20.2. The molecule has 0 aliphatic heterocycles. The summed E-state index contributed by atoms with van der Waals surface area (Å²) in [4.78, 5) is 9.11. The molecule has 27 heavy (non-hydrogen) atoms. The molecule has 0 aliphatic rings. The number of benzene rings is 1. The van der Waals surface area contributed by atoms with Crippen molar-refractivity contribution in [3.05, 3.63) is 53.2 Å². The lowest BCUT2D eigenvalue weighted by molar-refractivity contribution is 0.343. The molecule has 0 saturated heterocycles. The van der Waals surface area contributed by atoms with Gasteiger partial charge in [-0.1, -0.05) is 26.0 Å². The van der Waals surface area contributed by atoms with Gasteiger partial charge in [-0.3, -0.25) is 0 Å². The topological polar surface area (TPSA) is 83.4 Å². The summed E-state index contributed by atoms with van der Waals surface area (Å²) >= 11 is 0. The molecule has 0 aliphatic carbocycles. The van der Waals surface area contributed by atoms with Gasteiger partial charge in [0.25, 0.3) is 0 Å². The zero-order valence-electron chi connectivity index (χ0n) is 15.8. The highest BCUT2D eigenvalue weighted by Crippen LogP contribution is 2.29. The normalized spacial score (nSPS) is 12.4. The van der Waals surface area contributed by atoms with Crippen molar-refractivity contribution in [3.63, 3.8) is 0 Å². The van der Waals surface area contributed by atoms with Crippen LogP contribution in [0.1, 0.15) is 36.8 Å². The molecule has 0 unspecified atom stereocenters. The van der Waals surface area contributed by atoms with Crippen LogP contribution in [0.15, 0.2) is 30.3 Å². The van der Waals surface area contributed by atoms with E-state index in [9.17, 15) is 12.8 Å². The van der Waals surface area contributed by atoms with Gasteiger partial charge < -0.3 is 5.11 Å². The molecule has 0 atom stereocenters. The van der Waals surface area contributed by atoms with Gasteiger partial charge in [-0.15, -0.1) is 0 Å². The van der Waals surface area contributed by atoms with Crippen molar-refractivity contribution in [2.75, 3.05) is 19.9 Å². The molecule has 1 aromatic heterocycles. The molecule has 1 heterocycles. The van der Waals surface area contributed by atoms with Crippen LogP contribution < -0.4 is 0 Å². The van der Waals surface area contributed by atoms with E-state index in [2.05, 4.69) is 9.97 Å². The molecule has 0 spiro atoms. The van der Waals surface area contributed by atoms with Gasteiger partial charge in [0.2, 0.25) is 10.0 Å². The van der Waals surface area contributed by atoms with Gasteiger partial charge in [0.05, 0.1) is 30.8 Å². The monoisotopic (exact) mass is 393 g/mol. The second kappa shape index (κ2) is 8.69. The fourth-order valence-corrected chi connectivity index (χ4v) is 2.87. The summed E-state index contributed by atoms with van der Waals surface area (Å²) < 4.78 is 38.0. The summed E-state index contributed by atoms with van der Waals surface area (Å²) in [5.74, 6) is 0.0290. The van der Waals surface area contributed by atoms with Gasteiger partial charge in [-0.05, 0) is 30.2 Å². The Kier molecular flexibility index (Phi) is 6.80. The van der Waals surface area contributed by atoms with Crippen molar-refractivity contribution >= 4 is 16.1 Å². The molecule has 2 rings (SSSR count). The van der Waals surface area contributed by atoms with E-state index in [1.54, 1.807) is 24.3 Å². The number of aliphatic hydroxyl groups is 1. The molecule has 0 bridgehead atoms. The summed E-state index contributed by atoms with van der Waals surface area (Å²) in [5, 5.41) is 9.17. The first kappa shape index (κ1) is 21.1. The predicted molar refractivity (Wildman–Crippen MR) is 104 cm³/mol. The highest BCUT2D eigenvalue weighted by molar-refractivity contribution is 7.88. The number of aliphatic hydroxyl groups excluding tert-OH is 1. The van der Waals surface area contributed by atoms with Crippen molar-refractivity contribution in [3.8, 4) is 11.3 Å². The fraction of sp³-hybridized carbons (Fsp3) is 0.368. The molecule has 146 valence electrons. The first-order chi connectivity index (χ1) is 12.6. The Morgan fingerprint density at radius 3 is 2.37 bits per heavy atom. The van der Waals surface area contributed by atoms with Crippen LogP contribution in [0.4, 0.5) is 4.39 Å². The lowest BCUT2D eigenvalue weighted by atomic mass is 9.98. The van der Waals surface area contributed by atoms with Crippen molar-refractivity contribution in [1.82, 2.24) is 14.3 Å². The van der Waals surface area contributed by atoms with E-state index in [1.165, 1.54) is 23.5 Å². The molecule has 0 radical (unpaired) electrons. The maximum absolute atomic E-state index is 13.3. The average Bonchev–Trinajstić information content (AvgIpc) is 2.59. The molecule has 8 heteroatoms. The molecule has 1 N–H and O–H groups in total. The number of hydrogen-bond donors (Lipinski definition) is 1. The Morgan fingerprint density at radius 2 is 1.85 bits per heavy atom. The molecule has 6 nitrogen and oxygen atoms in total. The van der Waals surface area contributed by atoms with E-state index in [1.807, 2.05) is 13.8 Å². The minimum Gasteiger partial charge on any atom is -0.392 e. The lowest BCUT2D eigenvalue weighted by Crippen LogP contribution is -2.26. The SMILES string of the molecule is CC(C)c1nc(CN(C)S(C)(=O)=O)nc(-c2ccc(F)cc2)c1/C=C/CO. The maximum atomic E-state index is 13.3. The van der Waals surface area contributed by atoms with E-state index in [0.29, 0.717) is 17.1 Å². The minimum atomic E-state index is -3.38. The van der Waals surface area contributed by atoms with Crippen molar-refractivity contribution in [2.45, 2.75) is 26.3 Å². The largest absolute Gasteiger partial charge is 0.392 e. The lowest BCUT2D eigenvalue weighted by Gasteiger charge is -2.18. The summed E-state index contributed by atoms with van der Waals surface area (Å²) in [6, 6.07) is 5.91. The number of halogens is 1. The van der Waals surface area contributed by atoms with E-state index >= 15 is 0 Å². The summed E-state index contributed by atoms with van der Waals surface area (Å²) in [6.45, 7) is 3.82. The van der Waals surface area contributed by atoms with Gasteiger partial charge in [-0.25, -0.2) is 22.8 Å². The number of rotatable bonds is 7. The molecule has 0 amide bonds. The van der Waals surface area contributed by atoms with Crippen LogP contribution >= 0.6 is 0 Å². The van der Waals surface area contributed by atoms with E-state index in [4.69, 9.17) is 5.11 Å². The average molecular weight is 393 g/mol. The third kappa shape index (κ3) is 5.41. The molecule has 2 aromatic rings. The van der Waals surface area contributed by atoms with Crippen molar-refractivity contribution < 1.29 is 17.9 Å². The minimum absolute atomic E-state index is 0.0245. The predicted octanol–water partition coefficient (Wildman–Crippen LogP) is 2.80. The Morgan fingerprint density at radius 1 is 1.22 bits per heavy atom. The Balaban J connectivity index is 2.68. The highest BCUT2D eigenvalue weighted by atomic mass is 32.2. The van der Waals surface area contributed by atoms with Crippen molar-refractivity contribution in [2.24, 2.45) is 0 Å². The van der Waals surface area contributed by atoms with Gasteiger partial charge >= 0.3 is 0 Å². The Labute approximate surface area is 159 Å². The third-order valence-corrected chi connectivity index (χ3v) is 5.27. The second-order valence-electron chi connectivity index (χ2n) is 6.55. The Hall–Kier alpha value is -2.16. The van der Waals surface area contributed by atoms with Crippen LogP contribution in [0, 0.1) is 5.82 Å². The summed E-state index contributed by atoms with van der Waals surface area (Å²) in [6.07, 6.45) is 4.44. The quantitative estimate of drug-likeness (QED) is 0.782. The number of aromatic nitrogens is 2. The smallest absolute Gasteiger partial charge is 0.211 e. The van der Waals surface area contributed by atoms with Gasteiger partial charge in [-0.2, -0.15) is 4.31 Å². The van der Waals surface area contributed by atoms with Crippen LogP contribution in [0.5, 0.6) is 0 Å². The molecular weight excluding hydrogens is 369 g/mol. The third-order valence-electron chi connectivity index (χ3n) is 4.01. The van der Waals surface area contributed by atoms with Crippen LogP contribution in [0.2, 0.25) is 0 Å². The molecule has 0 fully saturated rings. The van der Waals surface area contributed by atoms with Crippen LogP contribution in [-0.2, 0) is 16.6 Å². The number of sulfonamides is 1. The standard InChI is InChI=1S/C19H24FN3O3S/c1-13(2)18-16(6-5-11-24)19(14-7-9-15(20)10-8-14)22-17(21-18)12-23(3)27(4,25)26/h5-10,13,24H,11-12H2,1-4H3/b6-5+. The van der Waals surface area contributed by atoms with Crippen LogP contribution in [0.3, 0.4) is 0 Å². The van der Waals surface area contributed by atoms with Crippen LogP contribution in [-0.4, -0.2) is 47.7 Å². The molecule has 0 saturated carbocycles. The van der Waals surface area contributed by atoms with Crippen LogP contribution in [0.25, 0.3) is 17.3 Å². The first-order valence-corrected chi connectivity index (χ1v) is 10.3. The molecule has 1 aromatic carbocycles. The number of nitrogens with zero attached hydrogens (tertiary/aromatic N) is 3. The number of hydrogen-bond acceptors (Lipinski definition) is 5. The van der Waals surface area contributed by atoms with Crippen molar-refractivity contribution in [1.29, 1.82) is 0 Å². The van der Waals surface area contributed by atoms with Gasteiger partial charge in [0, 0.05) is 18.2 Å². The van der Waals surface area contributed by atoms with E-state index < -0.39 is 10.0 Å². The molecular formula is C19H24FN3O3S. The van der Waals surface area contributed by atoms with Gasteiger partial charge in [0.15, 0.2) is 0 Å². The van der Waals surface area contributed by atoms with Gasteiger partial charge in [0.1, 0.15) is 11.6 Å². The Bertz CT molecular complexity index is 926. The summed E-state index contributed by atoms with van der Waals surface area (Å²) in [5.41, 5.74) is 2.69.